The SMILES string of the molecule is CCOC1CCCN(c2cccc(OC)c2N)C1. The van der Waals surface area contributed by atoms with Crippen molar-refractivity contribution in [3.05, 3.63) is 18.2 Å². The molecule has 1 unspecified atom stereocenters. The topological polar surface area (TPSA) is 47.7 Å². The van der Waals surface area contributed by atoms with Crippen molar-refractivity contribution in [2.24, 2.45) is 0 Å². The van der Waals surface area contributed by atoms with E-state index in [9.17, 15) is 0 Å². The molecule has 1 aromatic rings. The number of nitrogens with zero attached hydrogens (tertiary/aromatic N) is 1. The Kier molecular flexibility index (Phi) is 4.31. The minimum atomic E-state index is 0.314. The Morgan fingerprint density at radius 3 is 3.00 bits per heavy atom. The minimum absolute atomic E-state index is 0.314. The van der Waals surface area contributed by atoms with Crippen LogP contribution in [0.1, 0.15) is 19.8 Å². The largest absolute Gasteiger partial charge is 0.495 e. The Bertz CT molecular complexity index is 393. The van der Waals surface area contributed by atoms with E-state index in [0.29, 0.717) is 6.10 Å². The van der Waals surface area contributed by atoms with E-state index in [1.807, 2.05) is 25.1 Å². The first-order valence-electron chi connectivity index (χ1n) is 6.55. The lowest BCUT2D eigenvalue weighted by atomic mass is 10.1. The highest BCUT2D eigenvalue weighted by molar-refractivity contribution is 5.74. The maximum absolute atomic E-state index is 6.14. The van der Waals surface area contributed by atoms with Gasteiger partial charge in [0.1, 0.15) is 5.75 Å². The zero-order valence-electron chi connectivity index (χ0n) is 11.2. The average Bonchev–Trinajstić information content (AvgIpc) is 2.40. The number of piperidine rings is 1. The standard InChI is InChI=1S/C14H22N2O2/c1-3-18-11-6-5-9-16(10-11)12-7-4-8-13(17-2)14(12)15/h4,7-8,11H,3,5-6,9-10,15H2,1-2H3. The molecule has 2 rings (SSSR count). The van der Waals surface area contributed by atoms with E-state index in [1.165, 1.54) is 0 Å². The second-order valence-corrected chi connectivity index (χ2v) is 4.56. The predicted octanol–water partition coefficient (Wildman–Crippen LogP) is 2.28. The van der Waals surface area contributed by atoms with Crippen LogP contribution < -0.4 is 15.4 Å². The second-order valence-electron chi connectivity index (χ2n) is 4.56. The first-order chi connectivity index (χ1) is 8.76. The Morgan fingerprint density at radius 2 is 2.28 bits per heavy atom. The second kappa shape index (κ2) is 5.96. The Morgan fingerprint density at radius 1 is 1.44 bits per heavy atom. The fraction of sp³-hybridized carbons (Fsp3) is 0.571. The number of methoxy groups -OCH3 is 1. The summed E-state index contributed by atoms with van der Waals surface area (Å²) in [6.45, 7) is 4.75. The van der Waals surface area contributed by atoms with E-state index >= 15 is 0 Å². The molecule has 1 fully saturated rings. The third kappa shape index (κ3) is 2.70. The molecule has 0 spiro atoms. The highest BCUT2D eigenvalue weighted by atomic mass is 16.5. The van der Waals surface area contributed by atoms with Crippen molar-refractivity contribution in [1.29, 1.82) is 0 Å². The van der Waals surface area contributed by atoms with Gasteiger partial charge in [-0.3, -0.25) is 0 Å². The molecular formula is C14H22N2O2. The lowest BCUT2D eigenvalue weighted by molar-refractivity contribution is 0.0527. The summed E-state index contributed by atoms with van der Waals surface area (Å²) in [4.78, 5) is 2.29. The summed E-state index contributed by atoms with van der Waals surface area (Å²) in [6, 6.07) is 5.92. The normalized spacial score (nSPS) is 19.9. The van der Waals surface area contributed by atoms with E-state index in [0.717, 1.165) is 49.7 Å². The number of ether oxygens (including phenoxy) is 2. The van der Waals surface area contributed by atoms with Crippen LogP contribution in [0.15, 0.2) is 18.2 Å². The molecule has 1 saturated heterocycles. The van der Waals surface area contributed by atoms with Gasteiger partial charge in [0.05, 0.1) is 24.6 Å². The summed E-state index contributed by atoms with van der Waals surface area (Å²) in [7, 11) is 1.65. The van der Waals surface area contributed by atoms with Crippen LogP contribution in [-0.2, 0) is 4.74 Å². The van der Waals surface area contributed by atoms with Crippen molar-refractivity contribution < 1.29 is 9.47 Å². The van der Waals surface area contributed by atoms with Gasteiger partial charge in [0.15, 0.2) is 0 Å². The van der Waals surface area contributed by atoms with E-state index in [2.05, 4.69) is 4.90 Å². The molecule has 1 atom stereocenters. The molecule has 0 radical (unpaired) electrons. The Balaban J connectivity index is 2.15. The lowest BCUT2D eigenvalue weighted by Crippen LogP contribution is -2.40. The van der Waals surface area contributed by atoms with Gasteiger partial charge in [0.2, 0.25) is 0 Å². The molecule has 4 heteroatoms. The maximum Gasteiger partial charge on any atom is 0.143 e. The van der Waals surface area contributed by atoms with Crippen LogP contribution in [0.2, 0.25) is 0 Å². The molecule has 1 aromatic carbocycles. The van der Waals surface area contributed by atoms with Gasteiger partial charge in [-0.25, -0.2) is 0 Å². The molecule has 1 heterocycles. The van der Waals surface area contributed by atoms with Crippen LogP contribution in [0.5, 0.6) is 5.75 Å². The van der Waals surface area contributed by atoms with Gasteiger partial charge in [-0.05, 0) is 31.9 Å². The fourth-order valence-corrected chi connectivity index (χ4v) is 2.51. The summed E-state index contributed by atoms with van der Waals surface area (Å²) < 4.78 is 11.0. The zero-order chi connectivity index (χ0) is 13.0. The summed E-state index contributed by atoms with van der Waals surface area (Å²) in [5.74, 6) is 0.742. The Hall–Kier alpha value is -1.42. The molecule has 2 N–H and O–H groups in total. The van der Waals surface area contributed by atoms with Crippen LogP contribution in [-0.4, -0.2) is 32.9 Å². The quantitative estimate of drug-likeness (QED) is 0.833. The smallest absolute Gasteiger partial charge is 0.143 e. The van der Waals surface area contributed by atoms with Crippen LogP contribution in [0.25, 0.3) is 0 Å². The highest BCUT2D eigenvalue weighted by Crippen LogP contribution is 2.33. The molecule has 0 aromatic heterocycles. The third-order valence-electron chi connectivity index (χ3n) is 3.38. The molecule has 0 aliphatic carbocycles. The molecule has 4 nitrogen and oxygen atoms in total. The van der Waals surface area contributed by atoms with Gasteiger partial charge in [0.25, 0.3) is 0 Å². The van der Waals surface area contributed by atoms with Crippen molar-refractivity contribution in [3.63, 3.8) is 0 Å². The van der Waals surface area contributed by atoms with Crippen molar-refractivity contribution in [3.8, 4) is 5.75 Å². The molecule has 0 bridgehead atoms. The summed E-state index contributed by atoms with van der Waals surface area (Å²) >= 11 is 0. The van der Waals surface area contributed by atoms with Gasteiger partial charge in [-0.15, -0.1) is 0 Å². The number of hydrogen-bond acceptors (Lipinski definition) is 4. The zero-order valence-corrected chi connectivity index (χ0v) is 11.2. The molecule has 1 aliphatic heterocycles. The van der Waals surface area contributed by atoms with Crippen LogP contribution in [0.3, 0.4) is 0 Å². The molecule has 0 amide bonds. The molecular weight excluding hydrogens is 228 g/mol. The number of hydrogen-bond donors (Lipinski definition) is 1. The van der Waals surface area contributed by atoms with Crippen LogP contribution >= 0.6 is 0 Å². The predicted molar refractivity (Wildman–Crippen MR) is 74.3 cm³/mol. The number of para-hydroxylation sites is 1. The van der Waals surface area contributed by atoms with Crippen molar-refractivity contribution in [2.75, 3.05) is 37.4 Å². The highest BCUT2D eigenvalue weighted by Gasteiger charge is 2.22. The average molecular weight is 250 g/mol. The molecule has 100 valence electrons. The number of nitrogens with two attached hydrogens (primary N) is 1. The van der Waals surface area contributed by atoms with E-state index in [1.54, 1.807) is 7.11 Å². The Labute approximate surface area is 109 Å². The third-order valence-corrected chi connectivity index (χ3v) is 3.38. The minimum Gasteiger partial charge on any atom is -0.495 e. The number of rotatable bonds is 4. The van der Waals surface area contributed by atoms with Gasteiger partial charge < -0.3 is 20.1 Å². The first kappa shape index (κ1) is 13.0. The monoisotopic (exact) mass is 250 g/mol. The summed E-state index contributed by atoms with van der Waals surface area (Å²) in [6.07, 6.45) is 2.59. The van der Waals surface area contributed by atoms with Crippen molar-refractivity contribution in [2.45, 2.75) is 25.9 Å². The first-order valence-corrected chi connectivity index (χ1v) is 6.55. The van der Waals surface area contributed by atoms with Gasteiger partial charge in [-0.1, -0.05) is 6.07 Å². The number of nitrogen functional groups attached to an aromatic ring is 1. The van der Waals surface area contributed by atoms with Crippen molar-refractivity contribution >= 4 is 11.4 Å². The fourth-order valence-electron chi connectivity index (χ4n) is 2.51. The summed E-state index contributed by atoms with van der Waals surface area (Å²) in [5, 5.41) is 0. The van der Waals surface area contributed by atoms with Crippen LogP contribution in [0.4, 0.5) is 11.4 Å². The van der Waals surface area contributed by atoms with Gasteiger partial charge in [0, 0.05) is 19.7 Å². The van der Waals surface area contributed by atoms with Gasteiger partial charge in [-0.2, -0.15) is 0 Å². The lowest BCUT2D eigenvalue weighted by Gasteiger charge is -2.35. The van der Waals surface area contributed by atoms with Crippen molar-refractivity contribution in [1.82, 2.24) is 0 Å². The van der Waals surface area contributed by atoms with E-state index in [4.69, 9.17) is 15.2 Å². The maximum atomic E-state index is 6.14. The molecule has 1 aliphatic rings. The van der Waals surface area contributed by atoms with Crippen LogP contribution in [0, 0.1) is 0 Å². The molecule has 18 heavy (non-hydrogen) atoms. The number of benzene rings is 1. The number of anilines is 2. The van der Waals surface area contributed by atoms with E-state index < -0.39 is 0 Å². The van der Waals surface area contributed by atoms with E-state index in [-0.39, 0.29) is 0 Å². The summed E-state index contributed by atoms with van der Waals surface area (Å²) in [5.41, 5.74) is 7.91. The molecule has 0 saturated carbocycles. The van der Waals surface area contributed by atoms with Gasteiger partial charge >= 0.3 is 0 Å².